The first kappa shape index (κ1) is 18.7. The molecule has 28 heavy (non-hydrogen) atoms. The number of hydrogen-bond acceptors (Lipinski definition) is 5. The Morgan fingerprint density at radius 3 is 2.79 bits per heavy atom. The van der Waals surface area contributed by atoms with Gasteiger partial charge in [-0.25, -0.2) is 9.37 Å². The van der Waals surface area contributed by atoms with Gasteiger partial charge in [0, 0.05) is 18.5 Å². The summed E-state index contributed by atoms with van der Waals surface area (Å²) in [6, 6.07) is 6.17. The number of carbonyl (C=O) groups excluding carboxylic acids is 1. The van der Waals surface area contributed by atoms with E-state index in [-0.39, 0.29) is 23.7 Å². The van der Waals surface area contributed by atoms with Crippen molar-refractivity contribution in [3.8, 4) is 10.6 Å². The van der Waals surface area contributed by atoms with E-state index in [1.54, 1.807) is 12.1 Å². The fraction of sp³-hybridized carbons (Fsp3) is 0.400. The smallest absolute Gasteiger partial charge is 0.225 e. The van der Waals surface area contributed by atoms with Gasteiger partial charge in [0.15, 0.2) is 0 Å². The highest BCUT2D eigenvalue weighted by Gasteiger charge is 2.28. The number of amides is 1. The summed E-state index contributed by atoms with van der Waals surface area (Å²) in [6.45, 7) is 6.45. The molecule has 0 fully saturated rings. The number of rotatable bonds is 4. The number of nitrogens with zero attached hydrogens (tertiary/aromatic N) is 4. The molecular formula is C20H22FN5OS. The molecule has 0 saturated heterocycles. The molecule has 1 aliphatic rings. The minimum Gasteiger partial charge on any atom is -0.348 e. The molecule has 0 unspecified atom stereocenters. The van der Waals surface area contributed by atoms with Gasteiger partial charge in [-0.1, -0.05) is 0 Å². The molecule has 0 aliphatic carbocycles. The van der Waals surface area contributed by atoms with Crippen molar-refractivity contribution >= 4 is 17.2 Å². The van der Waals surface area contributed by atoms with Gasteiger partial charge in [-0.15, -0.1) is 21.5 Å². The van der Waals surface area contributed by atoms with Crippen LogP contribution in [0.2, 0.25) is 0 Å². The summed E-state index contributed by atoms with van der Waals surface area (Å²) in [4.78, 5) is 18.5. The van der Waals surface area contributed by atoms with Crippen LogP contribution in [0.25, 0.3) is 10.6 Å². The predicted octanol–water partition coefficient (Wildman–Crippen LogP) is 3.60. The van der Waals surface area contributed by atoms with E-state index >= 15 is 0 Å². The fourth-order valence-corrected chi connectivity index (χ4v) is 4.67. The summed E-state index contributed by atoms with van der Waals surface area (Å²) in [5.74, 6) is 1.49. The van der Waals surface area contributed by atoms with Gasteiger partial charge in [0.1, 0.15) is 22.5 Å². The number of halogens is 1. The Hall–Kier alpha value is -2.61. The van der Waals surface area contributed by atoms with Crippen LogP contribution in [0, 0.1) is 25.6 Å². The number of benzene rings is 1. The minimum atomic E-state index is -0.267. The number of carbonyl (C=O) groups is 1. The van der Waals surface area contributed by atoms with E-state index in [2.05, 4.69) is 20.5 Å². The van der Waals surface area contributed by atoms with E-state index in [0.29, 0.717) is 6.54 Å². The van der Waals surface area contributed by atoms with Crippen molar-refractivity contribution in [2.24, 2.45) is 5.92 Å². The van der Waals surface area contributed by atoms with Crippen molar-refractivity contribution in [1.82, 2.24) is 25.1 Å². The largest absolute Gasteiger partial charge is 0.348 e. The van der Waals surface area contributed by atoms with E-state index in [1.807, 2.05) is 25.3 Å². The lowest BCUT2D eigenvalue weighted by molar-refractivity contribution is -0.126. The van der Waals surface area contributed by atoms with E-state index < -0.39 is 0 Å². The number of aromatic nitrogens is 4. The first-order chi connectivity index (χ1) is 13.4. The number of hydrogen-bond donors (Lipinski definition) is 1. The lowest BCUT2D eigenvalue weighted by Gasteiger charge is -2.24. The van der Waals surface area contributed by atoms with E-state index in [9.17, 15) is 9.18 Å². The van der Waals surface area contributed by atoms with Crippen molar-refractivity contribution in [2.45, 2.75) is 46.2 Å². The van der Waals surface area contributed by atoms with Crippen molar-refractivity contribution in [1.29, 1.82) is 0 Å². The molecule has 2 atom stereocenters. The number of fused-ring (bicyclic) bond motifs is 1. The lowest BCUT2D eigenvalue weighted by atomic mass is 9.98. The maximum atomic E-state index is 13.2. The highest BCUT2D eigenvalue weighted by Crippen LogP contribution is 2.32. The number of nitrogens with one attached hydrogen (secondary N) is 1. The van der Waals surface area contributed by atoms with Crippen LogP contribution in [0.4, 0.5) is 4.39 Å². The molecule has 4 rings (SSSR count). The van der Waals surface area contributed by atoms with E-state index in [0.717, 1.165) is 45.6 Å². The van der Waals surface area contributed by atoms with Crippen LogP contribution in [-0.4, -0.2) is 25.7 Å². The molecule has 6 nitrogen and oxygen atoms in total. The standard InChI is InChI=1S/C20H22FN5OS/c1-11(18-12(2)23-20(28-18)14-4-7-16(21)8-5-14)22-19(27)15-6-9-17-25-24-13(3)26(17)10-15/h4-5,7-8,11,15H,6,9-10H2,1-3H3,(H,22,27)/t11-,15-/m0/s1. The molecule has 0 saturated carbocycles. The molecule has 0 radical (unpaired) electrons. The Labute approximate surface area is 166 Å². The SMILES string of the molecule is Cc1nc(-c2ccc(F)cc2)sc1[C@H](C)NC(=O)[C@H]1CCc2nnc(C)n2C1. The Kier molecular flexibility index (Phi) is 4.97. The molecule has 3 heterocycles. The molecule has 1 amide bonds. The average Bonchev–Trinajstić information content (AvgIpc) is 3.25. The van der Waals surface area contributed by atoms with Crippen molar-refractivity contribution < 1.29 is 9.18 Å². The van der Waals surface area contributed by atoms with Gasteiger partial charge in [-0.2, -0.15) is 0 Å². The molecule has 2 aromatic heterocycles. The summed E-state index contributed by atoms with van der Waals surface area (Å²) in [5, 5.41) is 12.2. The summed E-state index contributed by atoms with van der Waals surface area (Å²) in [5.41, 5.74) is 1.76. The third-order valence-electron chi connectivity index (χ3n) is 5.18. The van der Waals surface area contributed by atoms with Crippen molar-refractivity contribution in [2.75, 3.05) is 0 Å². The summed E-state index contributed by atoms with van der Waals surface area (Å²) in [7, 11) is 0. The molecule has 1 aliphatic heterocycles. The molecule has 0 spiro atoms. The van der Waals surface area contributed by atoms with Crippen molar-refractivity contribution in [3.63, 3.8) is 0 Å². The monoisotopic (exact) mass is 399 g/mol. The van der Waals surface area contributed by atoms with Gasteiger partial charge >= 0.3 is 0 Å². The van der Waals surface area contributed by atoms with Crippen LogP contribution < -0.4 is 5.32 Å². The molecular weight excluding hydrogens is 377 g/mol. The predicted molar refractivity (Wildman–Crippen MR) is 105 cm³/mol. The first-order valence-corrected chi connectivity index (χ1v) is 10.2. The third kappa shape index (κ3) is 3.56. The van der Waals surface area contributed by atoms with Crippen LogP contribution in [-0.2, 0) is 17.8 Å². The van der Waals surface area contributed by atoms with Crippen LogP contribution in [0.15, 0.2) is 24.3 Å². The van der Waals surface area contributed by atoms with Gasteiger partial charge < -0.3 is 9.88 Å². The zero-order valence-electron chi connectivity index (χ0n) is 16.1. The maximum Gasteiger partial charge on any atom is 0.225 e. The highest BCUT2D eigenvalue weighted by molar-refractivity contribution is 7.15. The normalized spacial score (nSPS) is 17.2. The second kappa shape index (κ2) is 7.43. The van der Waals surface area contributed by atoms with Gasteiger partial charge in [-0.3, -0.25) is 4.79 Å². The summed E-state index contributed by atoms with van der Waals surface area (Å²) in [6.07, 6.45) is 1.54. The topological polar surface area (TPSA) is 72.7 Å². The number of thiazole rings is 1. The van der Waals surface area contributed by atoms with Gasteiger partial charge in [-0.05, 0) is 51.5 Å². The van der Waals surface area contributed by atoms with Crippen LogP contribution >= 0.6 is 11.3 Å². The van der Waals surface area contributed by atoms with E-state index in [4.69, 9.17) is 0 Å². The molecule has 1 aromatic carbocycles. The average molecular weight is 399 g/mol. The second-order valence-electron chi connectivity index (χ2n) is 7.22. The van der Waals surface area contributed by atoms with Crippen molar-refractivity contribution in [3.05, 3.63) is 52.3 Å². The third-order valence-corrected chi connectivity index (χ3v) is 6.57. The minimum absolute atomic E-state index is 0.0439. The summed E-state index contributed by atoms with van der Waals surface area (Å²) >= 11 is 1.53. The zero-order chi connectivity index (χ0) is 19.8. The quantitative estimate of drug-likeness (QED) is 0.728. The first-order valence-electron chi connectivity index (χ1n) is 9.34. The Bertz CT molecular complexity index is 1010. The zero-order valence-corrected chi connectivity index (χ0v) is 16.9. The molecule has 0 bridgehead atoms. The van der Waals surface area contributed by atoms with Crippen LogP contribution in [0.1, 0.15) is 41.6 Å². The number of aryl methyl sites for hydroxylation is 3. The molecule has 3 aromatic rings. The maximum absolute atomic E-state index is 13.2. The van der Waals surface area contributed by atoms with Crippen LogP contribution in [0.5, 0.6) is 0 Å². The molecule has 146 valence electrons. The second-order valence-corrected chi connectivity index (χ2v) is 8.25. The van der Waals surface area contributed by atoms with Gasteiger partial charge in [0.25, 0.3) is 0 Å². The Balaban J connectivity index is 1.46. The summed E-state index contributed by atoms with van der Waals surface area (Å²) < 4.78 is 15.2. The molecule has 1 N–H and O–H groups in total. The van der Waals surface area contributed by atoms with Crippen LogP contribution in [0.3, 0.4) is 0 Å². The van der Waals surface area contributed by atoms with E-state index in [1.165, 1.54) is 23.5 Å². The van der Waals surface area contributed by atoms with Gasteiger partial charge in [0.2, 0.25) is 5.91 Å². The Morgan fingerprint density at radius 2 is 2.04 bits per heavy atom. The Morgan fingerprint density at radius 1 is 1.29 bits per heavy atom. The molecule has 8 heteroatoms. The highest BCUT2D eigenvalue weighted by atomic mass is 32.1. The lowest BCUT2D eigenvalue weighted by Crippen LogP contribution is -2.37. The van der Waals surface area contributed by atoms with Gasteiger partial charge in [0.05, 0.1) is 22.5 Å². The fourth-order valence-electron chi connectivity index (χ4n) is 3.60.